The number of aromatic nitrogens is 1. The van der Waals surface area contributed by atoms with Gasteiger partial charge in [-0.1, -0.05) is 18.2 Å². The molecule has 0 saturated carbocycles. The maximum Gasteiger partial charge on any atom is 0.241 e. The Morgan fingerprint density at radius 2 is 2.00 bits per heavy atom. The van der Waals surface area contributed by atoms with Crippen LogP contribution in [0.3, 0.4) is 0 Å². The molecule has 9 heteroatoms. The van der Waals surface area contributed by atoms with Crippen LogP contribution in [0.15, 0.2) is 48.8 Å². The first-order chi connectivity index (χ1) is 16.9. The van der Waals surface area contributed by atoms with Crippen molar-refractivity contribution in [2.24, 2.45) is 0 Å². The van der Waals surface area contributed by atoms with Crippen molar-refractivity contribution < 1.29 is 23.5 Å². The number of benzene rings is 1. The molecule has 35 heavy (non-hydrogen) atoms. The highest BCUT2D eigenvalue weighted by molar-refractivity contribution is 6.10. The predicted molar refractivity (Wildman–Crippen MR) is 127 cm³/mol. The van der Waals surface area contributed by atoms with Crippen LogP contribution in [-0.4, -0.2) is 83.8 Å². The summed E-state index contributed by atoms with van der Waals surface area (Å²) >= 11 is 0. The molecule has 0 unspecified atom stereocenters. The quantitative estimate of drug-likeness (QED) is 0.509. The fraction of sp³-hybridized carbons (Fsp3) is 0.462. The zero-order valence-corrected chi connectivity index (χ0v) is 20.0. The third kappa shape index (κ3) is 5.74. The smallest absolute Gasteiger partial charge is 0.241 e. The Bertz CT molecular complexity index is 1060. The standard InChI is InChI=1S/C26H31FN4O4/c1-29(9-4-10-30-11-13-35-14-12-30)23(32)16-26(21-6-2-7-22(27)15-21)17-24(33)31(25(26)34)19-20-5-3-8-28-18-20/h2-3,5-8,15,18H,4,9-14,16-17,19H2,1H3/t26-/m0/s1. The fourth-order valence-electron chi connectivity index (χ4n) is 4.76. The van der Waals surface area contributed by atoms with Crippen molar-refractivity contribution in [1.29, 1.82) is 0 Å². The summed E-state index contributed by atoms with van der Waals surface area (Å²) in [4.78, 5) is 49.1. The van der Waals surface area contributed by atoms with Crippen LogP contribution in [0, 0.1) is 5.82 Å². The van der Waals surface area contributed by atoms with E-state index in [1.165, 1.54) is 18.2 Å². The van der Waals surface area contributed by atoms with Gasteiger partial charge in [0.1, 0.15) is 5.82 Å². The first kappa shape index (κ1) is 24.9. The molecule has 1 aromatic heterocycles. The SMILES string of the molecule is CN(CCCN1CCOCC1)C(=O)C[C@@]1(c2cccc(F)c2)CC(=O)N(Cc2cccnc2)C1=O. The van der Waals surface area contributed by atoms with Crippen LogP contribution < -0.4 is 0 Å². The van der Waals surface area contributed by atoms with Crippen molar-refractivity contribution in [3.63, 3.8) is 0 Å². The molecule has 0 spiro atoms. The summed E-state index contributed by atoms with van der Waals surface area (Å²) in [7, 11) is 1.70. The van der Waals surface area contributed by atoms with Gasteiger partial charge in [0.25, 0.3) is 0 Å². The number of carbonyl (C=O) groups excluding carboxylic acids is 3. The van der Waals surface area contributed by atoms with Crippen LogP contribution >= 0.6 is 0 Å². The normalized spacial score (nSPS) is 20.9. The topological polar surface area (TPSA) is 83.1 Å². The Labute approximate surface area is 204 Å². The van der Waals surface area contributed by atoms with Gasteiger partial charge in [0.15, 0.2) is 0 Å². The summed E-state index contributed by atoms with van der Waals surface area (Å²) in [6, 6.07) is 9.17. The number of hydrogen-bond acceptors (Lipinski definition) is 6. The Hall–Kier alpha value is -3.17. The third-order valence-electron chi connectivity index (χ3n) is 6.80. The Morgan fingerprint density at radius 1 is 1.20 bits per heavy atom. The van der Waals surface area contributed by atoms with Gasteiger partial charge in [-0.3, -0.25) is 29.2 Å². The Morgan fingerprint density at radius 3 is 2.71 bits per heavy atom. The molecule has 2 aliphatic heterocycles. The minimum Gasteiger partial charge on any atom is -0.379 e. The van der Waals surface area contributed by atoms with E-state index in [0.717, 1.165) is 44.2 Å². The number of rotatable bonds is 9. The van der Waals surface area contributed by atoms with Crippen molar-refractivity contribution in [3.05, 3.63) is 65.7 Å². The number of nitrogens with zero attached hydrogens (tertiary/aromatic N) is 4. The number of amides is 3. The maximum absolute atomic E-state index is 14.2. The zero-order chi connectivity index (χ0) is 24.8. The molecule has 0 bridgehead atoms. The van der Waals surface area contributed by atoms with E-state index in [1.54, 1.807) is 42.5 Å². The number of carbonyl (C=O) groups is 3. The zero-order valence-electron chi connectivity index (χ0n) is 20.0. The number of likely N-dealkylation sites (tertiary alicyclic amines) is 1. The number of pyridine rings is 1. The largest absolute Gasteiger partial charge is 0.379 e. The van der Waals surface area contributed by atoms with Crippen molar-refractivity contribution >= 4 is 17.7 Å². The molecular weight excluding hydrogens is 451 g/mol. The van der Waals surface area contributed by atoms with Gasteiger partial charge in [0, 0.05) is 58.5 Å². The maximum atomic E-state index is 14.2. The van der Waals surface area contributed by atoms with Gasteiger partial charge in [0.2, 0.25) is 17.7 Å². The van der Waals surface area contributed by atoms with Gasteiger partial charge in [-0.15, -0.1) is 0 Å². The molecular formula is C26H31FN4O4. The van der Waals surface area contributed by atoms with Gasteiger partial charge >= 0.3 is 0 Å². The molecule has 2 aliphatic rings. The van der Waals surface area contributed by atoms with Crippen LogP contribution in [-0.2, 0) is 31.1 Å². The molecule has 8 nitrogen and oxygen atoms in total. The lowest BCUT2D eigenvalue weighted by molar-refractivity contribution is -0.143. The lowest BCUT2D eigenvalue weighted by atomic mass is 9.75. The number of hydrogen-bond donors (Lipinski definition) is 0. The molecule has 2 aromatic rings. The Kier molecular flexibility index (Phi) is 7.87. The molecule has 3 amide bonds. The number of morpholine rings is 1. The van der Waals surface area contributed by atoms with E-state index in [2.05, 4.69) is 9.88 Å². The molecule has 186 valence electrons. The summed E-state index contributed by atoms with van der Waals surface area (Å²) < 4.78 is 19.5. The highest BCUT2D eigenvalue weighted by Crippen LogP contribution is 2.41. The average molecular weight is 483 g/mol. The number of ether oxygens (including phenoxy) is 1. The lowest BCUT2D eigenvalue weighted by Gasteiger charge is -2.30. The molecule has 2 saturated heterocycles. The van der Waals surface area contributed by atoms with E-state index in [-0.39, 0.29) is 31.2 Å². The van der Waals surface area contributed by atoms with E-state index >= 15 is 0 Å². The van der Waals surface area contributed by atoms with Gasteiger partial charge in [-0.05, 0) is 35.7 Å². The van der Waals surface area contributed by atoms with E-state index in [4.69, 9.17) is 4.74 Å². The average Bonchev–Trinajstić information content (AvgIpc) is 3.10. The van der Waals surface area contributed by atoms with Crippen molar-refractivity contribution in [2.75, 3.05) is 46.4 Å². The van der Waals surface area contributed by atoms with Crippen LogP contribution in [0.1, 0.15) is 30.4 Å². The highest BCUT2D eigenvalue weighted by atomic mass is 19.1. The number of imide groups is 1. The van der Waals surface area contributed by atoms with Crippen molar-refractivity contribution in [3.8, 4) is 0 Å². The minimum absolute atomic E-state index is 0.0617. The number of halogens is 1. The van der Waals surface area contributed by atoms with Gasteiger partial charge in [-0.25, -0.2) is 4.39 Å². The van der Waals surface area contributed by atoms with Gasteiger partial charge in [0.05, 0.1) is 25.2 Å². The summed E-state index contributed by atoms with van der Waals surface area (Å²) in [5.74, 6) is -1.63. The fourth-order valence-corrected chi connectivity index (χ4v) is 4.76. The lowest BCUT2D eigenvalue weighted by Crippen LogP contribution is -2.43. The summed E-state index contributed by atoms with van der Waals surface area (Å²) in [6.45, 7) is 4.64. The van der Waals surface area contributed by atoms with E-state index in [1.807, 2.05) is 0 Å². The molecule has 3 heterocycles. The monoisotopic (exact) mass is 482 g/mol. The second-order valence-corrected chi connectivity index (χ2v) is 9.22. The molecule has 4 rings (SSSR count). The van der Waals surface area contributed by atoms with E-state index in [0.29, 0.717) is 17.7 Å². The molecule has 0 radical (unpaired) electrons. The Balaban J connectivity index is 1.50. The summed E-state index contributed by atoms with van der Waals surface area (Å²) in [5.41, 5.74) is -0.382. The van der Waals surface area contributed by atoms with Gasteiger partial charge in [-0.2, -0.15) is 0 Å². The summed E-state index contributed by atoms with van der Waals surface area (Å²) in [5, 5.41) is 0. The highest BCUT2D eigenvalue weighted by Gasteiger charge is 2.54. The van der Waals surface area contributed by atoms with E-state index < -0.39 is 17.1 Å². The van der Waals surface area contributed by atoms with Crippen LogP contribution in [0.2, 0.25) is 0 Å². The second-order valence-electron chi connectivity index (χ2n) is 9.22. The molecule has 0 N–H and O–H groups in total. The van der Waals surface area contributed by atoms with Crippen molar-refractivity contribution in [2.45, 2.75) is 31.2 Å². The van der Waals surface area contributed by atoms with Crippen LogP contribution in [0.4, 0.5) is 4.39 Å². The van der Waals surface area contributed by atoms with Gasteiger partial charge < -0.3 is 9.64 Å². The van der Waals surface area contributed by atoms with Crippen LogP contribution in [0.25, 0.3) is 0 Å². The van der Waals surface area contributed by atoms with Crippen molar-refractivity contribution in [1.82, 2.24) is 19.7 Å². The molecule has 0 aliphatic carbocycles. The molecule has 2 fully saturated rings. The first-order valence-corrected chi connectivity index (χ1v) is 11.9. The second kappa shape index (κ2) is 11.0. The first-order valence-electron chi connectivity index (χ1n) is 11.9. The predicted octanol–water partition coefficient (Wildman–Crippen LogP) is 1.99. The molecule has 1 atom stereocenters. The summed E-state index contributed by atoms with van der Waals surface area (Å²) in [6.07, 6.45) is 3.62. The van der Waals surface area contributed by atoms with E-state index in [9.17, 15) is 18.8 Å². The third-order valence-corrected chi connectivity index (χ3v) is 6.80. The van der Waals surface area contributed by atoms with Crippen LogP contribution in [0.5, 0.6) is 0 Å². The molecule has 1 aromatic carbocycles. The minimum atomic E-state index is -1.43.